The van der Waals surface area contributed by atoms with Crippen molar-refractivity contribution in [2.75, 3.05) is 27.3 Å². The van der Waals surface area contributed by atoms with Gasteiger partial charge >= 0.3 is 0 Å². The fraction of sp³-hybridized carbons (Fsp3) is 0.647. The molecule has 0 aliphatic carbocycles. The zero-order chi connectivity index (χ0) is 15.2. The third-order valence-corrected chi connectivity index (χ3v) is 4.30. The van der Waals surface area contributed by atoms with Crippen molar-refractivity contribution >= 4 is 0 Å². The molecule has 1 aromatic carbocycles. The number of ether oxygens (including phenoxy) is 2. The topological polar surface area (TPSA) is 41.9 Å². The van der Waals surface area contributed by atoms with E-state index in [-0.39, 0.29) is 0 Å². The van der Waals surface area contributed by atoms with Gasteiger partial charge in [-0.3, -0.25) is 0 Å². The molecule has 4 nitrogen and oxygen atoms in total. The standard InChI is InChI=1S/C17H27NO3/c1-13(19)16-8-7-15(20-3)12-17(16)21-11-9-14-6-4-5-10-18(14)2/h7-8,12-14,19H,4-6,9-11H2,1-3H3/t13-,14?/m0/s1. The van der Waals surface area contributed by atoms with Crippen LogP contribution in [0.5, 0.6) is 11.5 Å². The molecule has 1 aliphatic heterocycles. The Balaban J connectivity index is 1.95. The number of piperidine rings is 1. The molecule has 118 valence electrons. The molecule has 2 rings (SSSR count). The van der Waals surface area contributed by atoms with Gasteiger partial charge in [0, 0.05) is 17.7 Å². The molecular weight excluding hydrogens is 266 g/mol. The Morgan fingerprint density at radius 2 is 2.19 bits per heavy atom. The van der Waals surface area contributed by atoms with Crippen LogP contribution in [0, 0.1) is 0 Å². The van der Waals surface area contributed by atoms with Crippen molar-refractivity contribution in [1.29, 1.82) is 0 Å². The summed E-state index contributed by atoms with van der Waals surface area (Å²) in [4.78, 5) is 2.42. The monoisotopic (exact) mass is 293 g/mol. The van der Waals surface area contributed by atoms with Crippen LogP contribution in [-0.2, 0) is 0 Å². The Labute approximate surface area is 127 Å². The van der Waals surface area contributed by atoms with E-state index in [1.807, 2.05) is 18.2 Å². The first-order chi connectivity index (χ1) is 10.1. The van der Waals surface area contributed by atoms with E-state index in [0.717, 1.165) is 23.5 Å². The molecule has 0 spiro atoms. The molecule has 0 aromatic heterocycles. The molecule has 2 atom stereocenters. The van der Waals surface area contributed by atoms with Crippen molar-refractivity contribution in [1.82, 2.24) is 4.90 Å². The molecular formula is C17H27NO3. The van der Waals surface area contributed by atoms with Crippen LogP contribution in [0.25, 0.3) is 0 Å². The minimum Gasteiger partial charge on any atom is -0.497 e. The Bertz CT molecular complexity index is 448. The van der Waals surface area contributed by atoms with Crippen LogP contribution in [0.1, 0.15) is 44.3 Å². The molecule has 1 aliphatic rings. The summed E-state index contributed by atoms with van der Waals surface area (Å²) in [5, 5.41) is 9.83. The molecule has 1 heterocycles. The van der Waals surface area contributed by atoms with Gasteiger partial charge in [-0.2, -0.15) is 0 Å². The number of aliphatic hydroxyl groups is 1. The summed E-state index contributed by atoms with van der Waals surface area (Å²) < 4.78 is 11.2. The van der Waals surface area contributed by atoms with Gasteiger partial charge in [0.25, 0.3) is 0 Å². The van der Waals surface area contributed by atoms with Gasteiger partial charge < -0.3 is 19.5 Å². The van der Waals surface area contributed by atoms with E-state index >= 15 is 0 Å². The van der Waals surface area contributed by atoms with Crippen molar-refractivity contribution in [3.05, 3.63) is 23.8 Å². The number of methoxy groups -OCH3 is 1. The second-order valence-electron chi connectivity index (χ2n) is 5.85. The molecule has 0 saturated carbocycles. The van der Waals surface area contributed by atoms with E-state index in [0.29, 0.717) is 12.6 Å². The lowest BCUT2D eigenvalue weighted by Crippen LogP contribution is -2.37. The van der Waals surface area contributed by atoms with Gasteiger partial charge in [0.05, 0.1) is 19.8 Å². The molecule has 0 amide bonds. The number of aliphatic hydroxyl groups excluding tert-OH is 1. The highest BCUT2D eigenvalue weighted by atomic mass is 16.5. The van der Waals surface area contributed by atoms with Crippen LogP contribution >= 0.6 is 0 Å². The highest BCUT2D eigenvalue weighted by Gasteiger charge is 2.19. The minimum atomic E-state index is -0.539. The smallest absolute Gasteiger partial charge is 0.128 e. The van der Waals surface area contributed by atoms with Crippen LogP contribution in [0.3, 0.4) is 0 Å². The van der Waals surface area contributed by atoms with E-state index in [1.165, 1.54) is 25.8 Å². The second kappa shape index (κ2) is 7.66. The fourth-order valence-corrected chi connectivity index (χ4v) is 2.93. The first-order valence-electron chi connectivity index (χ1n) is 7.81. The summed E-state index contributed by atoms with van der Waals surface area (Å²) in [7, 11) is 3.83. The van der Waals surface area contributed by atoms with Crippen LogP contribution < -0.4 is 9.47 Å². The van der Waals surface area contributed by atoms with Gasteiger partial charge in [-0.25, -0.2) is 0 Å². The van der Waals surface area contributed by atoms with Gasteiger partial charge in [-0.1, -0.05) is 6.42 Å². The normalized spacial score (nSPS) is 21.0. The zero-order valence-corrected chi connectivity index (χ0v) is 13.3. The van der Waals surface area contributed by atoms with E-state index in [9.17, 15) is 5.11 Å². The van der Waals surface area contributed by atoms with Crippen molar-refractivity contribution < 1.29 is 14.6 Å². The molecule has 1 aromatic rings. The molecule has 1 N–H and O–H groups in total. The van der Waals surface area contributed by atoms with Crippen molar-refractivity contribution in [3.8, 4) is 11.5 Å². The summed E-state index contributed by atoms with van der Waals surface area (Å²) in [6, 6.07) is 6.18. The molecule has 0 bridgehead atoms. The predicted octanol–water partition coefficient (Wildman–Crippen LogP) is 3.00. The van der Waals surface area contributed by atoms with Gasteiger partial charge in [0.2, 0.25) is 0 Å². The lowest BCUT2D eigenvalue weighted by atomic mass is 10.0. The number of benzene rings is 1. The van der Waals surface area contributed by atoms with Crippen molar-refractivity contribution in [2.24, 2.45) is 0 Å². The number of nitrogens with zero attached hydrogens (tertiary/aromatic N) is 1. The lowest BCUT2D eigenvalue weighted by molar-refractivity contribution is 0.149. The van der Waals surface area contributed by atoms with Crippen LogP contribution in [0.15, 0.2) is 18.2 Å². The molecule has 4 heteroatoms. The maximum Gasteiger partial charge on any atom is 0.128 e. The number of likely N-dealkylation sites (tertiary alicyclic amines) is 1. The Kier molecular flexibility index (Phi) is 5.88. The highest BCUT2D eigenvalue weighted by molar-refractivity contribution is 5.41. The fourth-order valence-electron chi connectivity index (χ4n) is 2.93. The third kappa shape index (κ3) is 4.35. The lowest BCUT2D eigenvalue weighted by Gasteiger charge is -2.32. The summed E-state index contributed by atoms with van der Waals surface area (Å²) in [6.45, 7) is 3.61. The van der Waals surface area contributed by atoms with Crippen molar-refractivity contribution in [3.63, 3.8) is 0 Å². The summed E-state index contributed by atoms with van der Waals surface area (Å²) in [5.74, 6) is 1.48. The molecule has 1 fully saturated rings. The maximum absolute atomic E-state index is 9.83. The largest absolute Gasteiger partial charge is 0.497 e. The van der Waals surface area contributed by atoms with Crippen LogP contribution in [0.2, 0.25) is 0 Å². The van der Waals surface area contributed by atoms with E-state index < -0.39 is 6.10 Å². The molecule has 0 radical (unpaired) electrons. The quantitative estimate of drug-likeness (QED) is 0.875. The maximum atomic E-state index is 9.83. The van der Waals surface area contributed by atoms with Gasteiger partial charge in [-0.15, -0.1) is 0 Å². The van der Waals surface area contributed by atoms with Gasteiger partial charge in [0.15, 0.2) is 0 Å². The number of hydrogen-bond donors (Lipinski definition) is 1. The Morgan fingerprint density at radius 3 is 2.86 bits per heavy atom. The summed E-state index contributed by atoms with van der Waals surface area (Å²) in [5.41, 5.74) is 0.813. The van der Waals surface area contributed by atoms with E-state index in [1.54, 1.807) is 14.0 Å². The van der Waals surface area contributed by atoms with E-state index in [4.69, 9.17) is 9.47 Å². The third-order valence-electron chi connectivity index (χ3n) is 4.30. The zero-order valence-electron chi connectivity index (χ0n) is 13.3. The summed E-state index contributed by atoms with van der Waals surface area (Å²) >= 11 is 0. The van der Waals surface area contributed by atoms with Crippen LogP contribution in [-0.4, -0.2) is 43.4 Å². The van der Waals surface area contributed by atoms with Gasteiger partial charge in [-0.05, 0) is 51.9 Å². The number of hydrogen-bond acceptors (Lipinski definition) is 4. The minimum absolute atomic E-state index is 0.539. The first-order valence-corrected chi connectivity index (χ1v) is 7.81. The Hall–Kier alpha value is -1.26. The SMILES string of the molecule is COc1ccc([C@H](C)O)c(OCCC2CCCCN2C)c1. The van der Waals surface area contributed by atoms with E-state index in [2.05, 4.69) is 11.9 Å². The average molecular weight is 293 g/mol. The number of rotatable bonds is 6. The molecule has 1 saturated heterocycles. The van der Waals surface area contributed by atoms with Crippen molar-refractivity contribution in [2.45, 2.75) is 44.8 Å². The Morgan fingerprint density at radius 1 is 1.38 bits per heavy atom. The van der Waals surface area contributed by atoms with Crippen LogP contribution in [0.4, 0.5) is 0 Å². The highest BCUT2D eigenvalue weighted by Crippen LogP contribution is 2.30. The molecule has 21 heavy (non-hydrogen) atoms. The average Bonchev–Trinajstić information content (AvgIpc) is 2.48. The van der Waals surface area contributed by atoms with Gasteiger partial charge in [0.1, 0.15) is 11.5 Å². The molecule has 1 unspecified atom stereocenters. The second-order valence-corrected chi connectivity index (χ2v) is 5.85. The predicted molar refractivity (Wildman–Crippen MR) is 84.0 cm³/mol. The first kappa shape index (κ1) is 16.1. The summed E-state index contributed by atoms with van der Waals surface area (Å²) in [6.07, 6.45) is 4.35.